The topological polar surface area (TPSA) is 65.2 Å². The van der Waals surface area contributed by atoms with Crippen molar-refractivity contribution in [3.05, 3.63) is 71.4 Å². The van der Waals surface area contributed by atoms with Crippen molar-refractivity contribution in [1.29, 1.82) is 0 Å². The van der Waals surface area contributed by atoms with E-state index in [1.54, 1.807) is 24.8 Å². The molecule has 7 heteroatoms. The summed E-state index contributed by atoms with van der Waals surface area (Å²) in [5, 5.41) is 3.77. The van der Waals surface area contributed by atoms with Gasteiger partial charge in [0.25, 0.3) is 0 Å². The highest BCUT2D eigenvalue weighted by Crippen LogP contribution is 2.26. The number of thioether (sulfide) groups is 2. The summed E-state index contributed by atoms with van der Waals surface area (Å²) in [5.41, 5.74) is 1.50. The average Bonchev–Trinajstić information content (AvgIpc) is 3.10. The summed E-state index contributed by atoms with van der Waals surface area (Å²) in [5.74, 6) is 1.29. The van der Waals surface area contributed by atoms with E-state index < -0.39 is 0 Å². The summed E-state index contributed by atoms with van der Waals surface area (Å²) in [7, 11) is 0. The molecule has 0 spiro atoms. The van der Waals surface area contributed by atoms with Gasteiger partial charge in [0, 0.05) is 9.79 Å². The van der Waals surface area contributed by atoms with Crippen molar-refractivity contribution < 1.29 is 14.1 Å². The van der Waals surface area contributed by atoms with Crippen molar-refractivity contribution in [2.75, 3.05) is 6.26 Å². The lowest BCUT2D eigenvalue weighted by Crippen LogP contribution is -2.06. The highest BCUT2D eigenvalue weighted by Gasteiger charge is 2.14. The number of rotatable bonds is 7. The molecule has 0 radical (unpaired) electrons. The molecule has 3 rings (SSSR count). The predicted octanol–water partition coefficient (Wildman–Crippen LogP) is 4.75. The Bertz CT molecular complexity index is 879. The molecule has 0 atom stereocenters. The molecule has 0 fully saturated rings. The maximum Gasteiger partial charge on any atom is 0.339 e. The van der Waals surface area contributed by atoms with Crippen molar-refractivity contribution >= 4 is 29.5 Å². The number of aromatic nitrogens is 2. The van der Waals surface area contributed by atoms with Crippen LogP contribution >= 0.6 is 23.5 Å². The van der Waals surface area contributed by atoms with E-state index in [0.29, 0.717) is 23.0 Å². The van der Waals surface area contributed by atoms with Crippen molar-refractivity contribution in [3.8, 4) is 0 Å². The molecule has 5 nitrogen and oxygen atoms in total. The van der Waals surface area contributed by atoms with Gasteiger partial charge in [-0.15, -0.1) is 23.5 Å². The first-order valence-corrected chi connectivity index (χ1v) is 10.2. The van der Waals surface area contributed by atoms with Gasteiger partial charge in [-0.05, 0) is 43.0 Å². The Morgan fingerprint density at radius 3 is 2.62 bits per heavy atom. The molecule has 134 valence electrons. The molecule has 2 aromatic carbocycles. The number of benzene rings is 2. The molecule has 0 aliphatic carbocycles. The van der Waals surface area contributed by atoms with Crippen molar-refractivity contribution in [1.82, 2.24) is 10.1 Å². The molecule has 0 bridgehead atoms. The van der Waals surface area contributed by atoms with Crippen LogP contribution in [0.5, 0.6) is 0 Å². The SMILES string of the molecule is CSc1ccc(COC(=O)c2ccccc2SCc2nc(C)no2)cc1. The van der Waals surface area contributed by atoms with Crippen LogP contribution in [-0.4, -0.2) is 22.4 Å². The number of esters is 1. The second kappa shape index (κ2) is 8.91. The Morgan fingerprint density at radius 2 is 1.92 bits per heavy atom. The summed E-state index contributed by atoms with van der Waals surface area (Å²) in [6.07, 6.45) is 2.03. The van der Waals surface area contributed by atoms with Gasteiger partial charge >= 0.3 is 5.97 Å². The molecule has 0 aliphatic heterocycles. The number of carbonyl (C=O) groups is 1. The van der Waals surface area contributed by atoms with Gasteiger partial charge in [0.05, 0.1) is 11.3 Å². The number of hydrogen-bond acceptors (Lipinski definition) is 7. The fourth-order valence-electron chi connectivity index (χ4n) is 2.25. The quantitative estimate of drug-likeness (QED) is 0.429. The molecular weight excluding hydrogens is 368 g/mol. The van der Waals surface area contributed by atoms with Crippen LogP contribution in [0.4, 0.5) is 0 Å². The normalized spacial score (nSPS) is 10.7. The predicted molar refractivity (Wildman–Crippen MR) is 102 cm³/mol. The van der Waals surface area contributed by atoms with Crippen LogP contribution in [0.1, 0.15) is 27.6 Å². The summed E-state index contributed by atoms with van der Waals surface area (Å²) in [6.45, 7) is 2.02. The molecule has 0 N–H and O–H groups in total. The van der Waals surface area contributed by atoms with Crippen LogP contribution in [0.2, 0.25) is 0 Å². The number of carbonyl (C=O) groups excluding carboxylic acids is 1. The summed E-state index contributed by atoms with van der Waals surface area (Å²) in [6, 6.07) is 15.3. The highest BCUT2D eigenvalue weighted by atomic mass is 32.2. The third-order valence-electron chi connectivity index (χ3n) is 3.56. The molecule has 1 aromatic heterocycles. The van der Waals surface area contributed by atoms with Crippen LogP contribution in [0, 0.1) is 6.92 Å². The van der Waals surface area contributed by atoms with E-state index in [2.05, 4.69) is 10.1 Å². The van der Waals surface area contributed by atoms with Crippen molar-refractivity contribution in [2.24, 2.45) is 0 Å². The van der Waals surface area contributed by atoms with Crippen LogP contribution in [-0.2, 0) is 17.1 Å². The first-order chi connectivity index (χ1) is 12.7. The molecule has 0 saturated carbocycles. The van der Waals surface area contributed by atoms with Gasteiger partial charge in [-0.2, -0.15) is 4.98 Å². The lowest BCUT2D eigenvalue weighted by Gasteiger charge is -2.09. The molecule has 26 heavy (non-hydrogen) atoms. The highest BCUT2D eigenvalue weighted by molar-refractivity contribution is 7.98. The lowest BCUT2D eigenvalue weighted by atomic mass is 10.2. The van der Waals surface area contributed by atoms with Gasteiger partial charge in [0.2, 0.25) is 5.89 Å². The molecule has 0 unspecified atom stereocenters. The Kier molecular flexibility index (Phi) is 6.35. The van der Waals surface area contributed by atoms with E-state index in [1.807, 2.05) is 48.7 Å². The van der Waals surface area contributed by atoms with Gasteiger partial charge in [-0.1, -0.05) is 29.4 Å². The monoisotopic (exact) mass is 386 g/mol. The molecule has 3 aromatic rings. The van der Waals surface area contributed by atoms with Crippen LogP contribution in [0.15, 0.2) is 62.8 Å². The van der Waals surface area contributed by atoms with E-state index in [1.165, 1.54) is 16.7 Å². The molecule has 0 aliphatic rings. The van der Waals surface area contributed by atoms with E-state index >= 15 is 0 Å². The zero-order valence-electron chi connectivity index (χ0n) is 14.5. The number of hydrogen-bond donors (Lipinski definition) is 0. The number of ether oxygens (including phenoxy) is 1. The fraction of sp³-hybridized carbons (Fsp3) is 0.211. The minimum atomic E-state index is -0.344. The molecule has 0 amide bonds. The number of aryl methyl sites for hydroxylation is 1. The van der Waals surface area contributed by atoms with Gasteiger partial charge < -0.3 is 9.26 Å². The second-order valence-electron chi connectivity index (χ2n) is 5.44. The van der Waals surface area contributed by atoms with Crippen LogP contribution in [0.25, 0.3) is 0 Å². The third kappa shape index (κ3) is 4.89. The van der Waals surface area contributed by atoms with Crippen molar-refractivity contribution in [3.63, 3.8) is 0 Å². The maximum atomic E-state index is 12.5. The minimum absolute atomic E-state index is 0.245. The largest absolute Gasteiger partial charge is 0.457 e. The Morgan fingerprint density at radius 1 is 1.15 bits per heavy atom. The fourth-order valence-corrected chi connectivity index (χ4v) is 3.53. The average molecular weight is 386 g/mol. The van der Waals surface area contributed by atoms with E-state index in [0.717, 1.165) is 10.5 Å². The van der Waals surface area contributed by atoms with Gasteiger partial charge in [-0.25, -0.2) is 4.79 Å². The smallest absolute Gasteiger partial charge is 0.339 e. The van der Waals surface area contributed by atoms with Gasteiger partial charge in [0.15, 0.2) is 5.82 Å². The lowest BCUT2D eigenvalue weighted by molar-refractivity contribution is 0.0468. The van der Waals surface area contributed by atoms with E-state index in [-0.39, 0.29) is 12.6 Å². The van der Waals surface area contributed by atoms with Crippen LogP contribution < -0.4 is 0 Å². The third-order valence-corrected chi connectivity index (χ3v) is 5.36. The van der Waals surface area contributed by atoms with E-state index in [9.17, 15) is 4.79 Å². The molecule has 0 saturated heterocycles. The zero-order valence-corrected chi connectivity index (χ0v) is 16.1. The number of nitrogens with zero attached hydrogens (tertiary/aromatic N) is 2. The second-order valence-corrected chi connectivity index (χ2v) is 7.34. The minimum Gasteiger partial charge on any atom is -0.457 e. The van der Waals surface area contributed by atoms with E-state index in [4.69, 9.17) is 9.26 Å². The standard InChI is InChI=1S/C19H18N2O3S2/c1-13-20-18(24-21-13)12-26-17-6-4-3-5-16(17)19(22)23-11-14-7-9-15(25-2)10-8-14/h3-10H,11-12H2,1-2H3. The summed E-state index contributed by atoms with van der Waals surface area (Å²) < 4.78 is 10.6. The first kappa shape index (κ1) is 18.5. The summed E-state index contributed by atoms with van der Waals surface area (Å²) >= 11 is 3.15. The zero-order chi connectivity index (χ0) is 18.4. The Labute approximate surface area is 160 Å². The molecule has 1 heterocycles. The van der Waals surface area contributed by atoms with Crippen LogP contribution in [0.3, 0.4) is 0 Å². The van der Waals surface area contributed by atoms with Gasteiger partial charge in [-0.3, -0.25) is 0 Å². The Hall–Kier alpha value is -2.25. The summed E-state index contributed by atoms with van der Waals surface area (Å²) in [4.78, 5) is 18.7. The van der Waals surface area contributed by atoms with Crippen molar-refractivity contribution in [2.45, 2.75) is 29.1 Å². The van der Waals surface area contributed by atoms with Gasteiger partial charge in [0.1, 0.15) is 6.61 Å². The molecular formula is C19H18N2O3S2. The Balaban J connectivity index is 1.63. The maximum absolute atomic E-state index is 12.5. The first-order valence-electron chi connectivity index (χ1n) is 7.97.